The summed E-state index contributed by atoms with van der Waals surface area (Å²) < 4.78 is 0. The highest BCUT2D eigenvalue weighted by Gasteiger charge is 2.43. The van der Waals surface area contributed by atoms with Crippen molar-refractivity contribution in [2.75, 3.05) is 31.1 Å². The number of hydrogen-bond acceptors (Lipinski definition) is 5. The van der Waals surface area contributed by atoms with Crippen LogP contribution in [-0.2, 0) is 5.60 Å². The van der Waals surface area contributed by atoms with Crippen molar-refractivity contribution in [3.05, 3.63) is 59.8 Å². The summed E-state index contributed by atoms with van der Waals surface area (Å²) in [7, 11) is 0. The smallest absolute Gasteiger partial charge is 0.257 e. The minimum atomic E-state index is -1.29. The fourth-order valence-electron chi connectivity index (χ4n) is 4.09. The average Bonchev–Trinajstić information content (AvgIpc) is 3.25. The quantitative estimate of drug-likeness (QED) is 0.865. The summed E-state index contributed by atoms with van der Waals surface area (Å²) >= 11 is 0. The highest BCUT2D eigenvalue weighted by molar-refractivity contribution is 5.99. The van der Waals surface area contributed by atoms with Crippen molar-refractivity contribution in [1.29, 1.82) is 0 Å². The van der Waals surface area contributed by atoms with E-state index in [1.807, 2.05) is 40.1 Å². The number of nitrogens with zero attached hydrogens (tertiary/aromatic N) is 3. The zero-order valence-electron chi connectivity index (χ0n) is 15.3. The summed E-state index contributed by atoms with van der Waals surface area (Å²) in [6.07, 6.45) is 3.14. The molecule has 2 aliphatic rings. The van der Waals surface area contributed by atoms with Gasteiger partial charge in [-0.1, -0.05) is 30.3 Å². The Bertz CT molecular complexity index is 807. The van der Waals surface area contributed by atoms with E-state index in [0.717, 1.165) is 25.9 Å². The molecule has 2 aromatic rings. The number of aliphatic hydroxyl groups is 2. The fraction of sp³-hybridized carbons (Fsp3) is 0.429. The molecule has 142 valence electrons. The monoisotopic (exact) mass is 367 g/mol. The van der Waals surface area contributed by atoms with Crippen molar-refractivity contribution in [2.24, 2.45) is 0 Å². The number of hydrogen-bond donors (Lipinski definition) is 2. The van der Waals surface area contributed by atoms with Crippen LogP contribution in [0.25, 0.3) is 0 Å². The molecule has 6 nitrogen and oxygen atoms in total. The number of carbonyl (C=O) groups is 1. The van der Waals surface area contributed by atoms with E-state index in [2.05, 4.69) is 4.98 Å². The summed E-state index contributed by atoms with van der Waals surface area (Å²) in [5, 5.41) is 21.8. The molecule has 0 spiro atoms. The average molecular weight is 367 g/mol. The molecule has 1 amide bonds. The van der Waals surface area contributed by atoms with E-state index in [1.165, 1.54) is 0 Å². The molecule has 0 saturated carbocycles. The van der Waals surface area contributed by atoms with Crippen LogP contribution in [0.1, 0.15) is 35.2 Å². The fourth-order valence-corrected chi connectivity index (χ4v) is 4.09. The molecule has 1 aromatic heterocycles. The van der Waals surface area contributed by atoms with Crippen LogP contribution in [-0.4, -0.2) is 58.3 Å². The Balaban J connectivity index is 1.57. The lowest BCUT2D eigenvalue weighted by atomic mass is 9.82. The van der Waals surface area contributed by atoms with E-state index >= 15 is 0 Å². The Hall–Kier alpha value is -2.44. The molecule has 6 heteroatoms. The van der Waals surface area contributed by atoms with Crippen LogP contribution in [0.2, 0.25) is 0 Å². The number of aliphatic hydroxyl groups excluding tert-OH is 1. The van der Waals surface area contributed by atoms with E-state index in [0.29, 0.717) is 29.9 Å². The summed E-state index contributed by atoms with van der Waals surface area (Å²) in [5.74, 6) is 0.581. The van der Waals surface area contributed by atoms with Crippen molar-refractivity contribution in [1.82, 2.24) is 9.88 Å². The van der Waals surface area contributed by atoms with Gasteiger partial charge in [0.05, 0.1) is 5.56 Å². The standard InChI is InChI=1S/C21H25N3O3/c25-18-15-24(14-10-21(18,27)16-7-2-1-3-8-16)19-17(9-6-11-22-19)20(26)23-12-4-5-13-23/h1-3,6-9,11,18,25,27H,4-5,10,12-15H2/t18-,21-/m0/s1. The maximum Gasteiger partial charge on any atom is 0.257 e. The van der Waals surface area contributed by atoms with Crippen LogP contribution in [0.5, 0.6) is 0 Å². The van der Waals surface area contributed by atoms with E-state index in [1.54, 1.807) is 18.3 Å². The van der Waals surface area contributed by atoms with Crippen molar-refractivity contribution >= 4 is 11.7 Å². The largest absolute Gasteiger partial charge is 0.388 e. The zero-order chi connectivity index (χ0) is 18.9. The van der Waals surface area contributed by atoms with Gasteiger partial charge in [0.15, 0.2) is 0 Å². The van der Waals surface area contributed by atoms with E-state index in [9.17, 15) is 15.0 Å². The SMILES string of the molecule is O=C(c1cccnc1N1CC[C@](O)(c2ccccc2)[C@@H](O)C1)N1CCCC1. The first-order valence-corrected chi connectivity index (χ1v) is 9.55. The van der Waals surface area contributed by atoms with Gasteiger partial charge < -0.3 is 20.0 Å². The number of benzene rings is 1. The zero-order valence-corrected chi connectivity index (χ0v) is 15.3. The molecule has 0 bridgehead atoms. The van der Waals surface area contributed by atoms with Crippen molar-refractivity contribution in [2.45, 2.75) is 31.0 Å². The molecule has 2 aliphatic heterocycles. The van der Waals surface area contributed by atoms with E-state index in [4.69, 9.17) is 0 Å². The first-order chi connectivity index (χ1) is 13.1. The van der Waals surface area contributed by atoms with Crippen molar-refractivity contribution in [3.63, 3.8) is 0 Å². The van der Waals surface area contributed by atoms with Gasteiger partial charge in [-0.15, -0.1) is 0 Å². The predicted octanol–water partition coefficient (Wildman–Crippen LogP) is 1.78. The van der Waals surface area contributed by atoms with Crippen LogP contribution < -0.4 is 4.90 Å². The number of anilines is 1. The second kappa shape index (κ2) is 7.29. The Morgan fingerprint density at radius 2 is 1.81 bits per heavy atom. The number of piperidine rings is 1. The minimum Gasteiger partial charge on any atom is -0.388 e. The van der Waals surface area contributed by atoms with Gasteiger partial charge in [-0.25, -0.2) is 4.98 Å². The van der Waals surface area contributed by atoms with Crippen molar-refractivity contribution in [3.8, 4) is 0 Å². The van der Waals surface area contributed by atoms with Crippen LogP contribution >= 0.6 is 0 Å². The second-order valence-electron chi connectivity index (χ2n) is 7.38. The summed E-state index contributed by atoms with van der Waals surface area (Å²) in [6.45, 7) is 2.30. The van der Waals surface area contributed by atoms with Gasteiger partial charge in [0.2, 0.25) is 0 Å². The lowest BCUT2D eigenvalue weighted by Crippen LogP contribution is -2.54. The molecule has 0 unspecified atom stereocenters. The molecule has 0 aliphatic carbocycles. The molecule has 2 saturated heterocycles. The first-order valence-electron chi connectivity index (χ1n) is 9.55. The molecule has 0 radical (unpaired) electrons. The Morgan fingerprint density at radius 3 is 2.52 bits per heavy atom. The van der Waals surface area contributed by atoms with Gasteiger partial charge in [-0.05, 0) is 30.5 Å². The van der Waals surface area contributed by atoms with Crippen LogP contribution in [0, 0.1) is 0 Å². The number of pyridine rings is 1. The minimum absolute atomic E-state index is 0.00557. The molecule has 3 heterocycles. The molecule has 2 atom stereocenters. The number of rotatable bonds is 3. The molecule has 2 N–H and O–H groups in total. The maximum absolute atomic E-state index is 12.9. The lowest BCUT2D eigenvalue weighted by Gasteiger charge is -2.43. The Morgan fingerprint density at radius 1 is 1.07 bits per heavy atom. The van der Waals surface area contributed by atoms with Crippen LogP contribution in [0.15, 0.2) is 48.7 Å². The number of amides is 1. The Kier molecular flexibility index (Phi) is 4.85. The predicted molar refractivity (Wildman–Crippen MR) is 103 cm³/mol. The number of aromatic nitrogens is 1. The summed E-state index contributed by atoms with van der Waals surface area (Å²) in [4.78, 5) is 21.1. The topological polar surface area (TPSA) is 76.9 Å². The highest BCUT2D eigenvalue weighted by atomic mass is 16.3. The molecular weight excluding hydrogens is 342 g/mol. The maximum atomic E-state index is 12.9. The van der Waals surface area contributed by atoms with Gasteiger partial charge in [0.25, 0.3) is 5.91 Å². The van der Waals surface area contributed by atoms with E-state index < -0.39 is 11.7 Å². The normalized spacial score (nSPS) is 25.6. The first kappa shape index (κ1) is 17.9. The van der Waals surface area contributed by atoms with E-state index in [-0.39, 0.29) is 12.5 Å². The second-order valence-corrected chi connectivity index (χ2v) is 7.38. The third kappa shape index (κ3) is 3.31. The number of β-amino-alcohol motifs (C(OH)–C–C–N with tert-alkyl or cyclic N) is 1. The van der Waals surface area contributed by atoms with Gasteiger partial charge in [0, 0.05) is 38.8 Å². The lowest BCUT2D eigenvalue weighted by molar-refractivity contribution is -0.0918. The van der Waals surface area contributed by atoms with Gasteiger partial charge in [0.1, 0.15) is 17.5 Å². The third-order valence-electron chi connectivity index (χ3n) is 5.69. The summed E-state index contributed by atoms with van der Waals surface area (Å²) in [6, 6.07) is 12.8. The molecular formula is C21H25N3O3. The van der Waals surface area contributed by atoms with Crippen LogP contribution in [0.4, 0.5) is 5.82 Å². The Labute approximate surface area is 159 Å². The number of carbonyl (C=O) groups excluding carboxylic acids is 1. The molecule has 4 rings (SSSR count). The van der Waals surface area contributed by atoms with Crippen molar-refractivity contribution < 1.29 is 15.0 Å². The van der Waals surface area contributed by atoms with Gasteiger partial charge in [-0.2, -0.15) is 0 Å². The molecule has 27 heavy (non-hydrogen) atoms. The van der Waals surface area contributed by atoms with Crippen LogP contribution in [0.3, 0.4) is 0 Å². The molecule has 1 aromatic carbocycles. The third-order valence-corrected chi connectivity index (χ3v) is 5.69. The van der Waals surface area contributed by atoms with Gasteiger partial charge >= 0.3 is 0 Å². The summed E-state index contributed by atoms with van der Waals surface area (Å²) in [5.41, 5.74) is -0.00522. The molecule has 2 fully saturated rings. The number of likely N-dealkylation sites (tertiary alicyclic amines) is 1. The highest BCUT2D eigenvalue weighted by Crippen LogP contribution is 2.35. The van der Waals surface area contributed by atoms with Gasteiger partial charge in [-0.3, -0.25) is 4.79 Å².